The summed E-state index contributed by atoms with van der Waals surface area (Å²) < 4.78 is 14.3. The lowest BCUT2D eigenvalue weighted by atomic mass is 10.1. The first-order valence-electron chi connectivity index (χ1n) is 6.59. The van der Waals surface area contributed by atoms with Crippen molar-refractivity contribution in [2.24, 2.45) is 0 Å². The minimum absolute atomic E-state index is 0.107. The molecule has 1 heterocycles. The van der Waals surface area contributed by atoms with Crippen LogP contribution in [0.4, 0.5) is 4.39 Å². The van der Waals surface area contributed by atoms with E-state index in [1.54, 1.807) is 12.1 Å². The highest BCUT2D eigenvalue weighted by molar-refractivity contribution is 9.10. The van der Waals surface area contributed by atoms with Crippen LogP contribution in [0.2, 0.25) is 0 Å². The number of rotatable bonds is 4. The molecule has 0 bridgehead atoms. The van der Waals surface area contributed by atoms with Gasteiger partial charge in [-0.1, -0.05) is 15.9 Å². The van der Waals surface area contributed by atoms with Gasteiger partial charge < -0.3 is 10.2 Å². The van der Waals surface area contributed by atoms with Crippen molar-refractivity contribution in [2.45, 2.75) is 25.8 Å². The quantitative estimate of drug-likeness (QED) is 0.921. The maximum absolute atomic E-state index is 13.5. The molecule has 1 aliphatic heterocycles. The molecule has 0 saturated carbocycles. The molecule has 0 atom stereocenters. The van der Waals surface area contributed by atoms with Crippen LogP contribution in [0.3, 0.4) is 0 Å². The number of amides is 1. The molecule has 2 rings (SSSR count). The van der Waals surface area contributed by atoms with Crippen LogP contribution in [0.1, 0.15) is 24.8 Å². The lowest BCUT2D eigenvalue weighted by molar-refractivity contribution is -0.131. The Labute approximate surface area is 121 Å². The number of halogens is 2. The summed E-state index contributed by atoms with van der Waals surface area (Å²) in [6.07, 6.45) is 3.39. The standard InChI is InChI=1S/C14H18BrFN2O/c15-12-4-5-13(16)11(8-12)9-17-10-14(19)18-6-2-1-3-7-18/h4-5,8,17H,1-3,6-7,9-10H2. The van der Waals surface area contributed by atoms with Crippen LogP contribution in [0.5, 0.6) is 0 Å². The van der Waals surface area contributed by atoms with E-state index in [2.05, 4.69) is 21.2 Å². The number of hydrogen-bond donors (Lipinski definition) is 1. The molecule has 1 fully saturated rings. The summed E-state index contributed by atoms with van der Waals surface area (Å²) in [7, 11) is 0. The number of hydrogen-bond acceptors (Lipinski definition) is 2. The summed E-state index contributed by atoms with van der Waals surface area (Å²) in [5, 5.41) is 3.01. The summed E-state index contributed by atoms with van der Waals surface area (Å²) in [6, 6.07) is 4.82. The number of likely N-dealkylation sites (tertiary alicyclic amines) is 1. The number of carbonyl (C=O) groups excluding carboxylic acids is 1. The number of nitrogens with one attached hydrogen (secondary N) is 1. The first-order chi connectivity index (χ1) is 9.16. The number of nitrogens with zero attached hydrogens (tertiary/aromatic N) is 1. The lowest BCUT2D eigenvalue weighted by Gasteiger charge is -2.26. The number of benzene rings is 1. The molecule has 0 aromatic heterocycles. The fraction of sp³-hybridized carbons (Fsp3) is 0.500. The van der Waals surface area contributed by atoms with Gasteiger partial charge in [-0.25, -0.2) is 4.39 Å². The van der Waals surface area contributed by atoms with E-state index in [0.29, 0.717) is 12.1 Å². The lowest BCUT2D eigenvalue weighted by Crippen LogP contribution is -2.41. The second kappa shape index (κ2) is 7.01. The minimum Gasteiger partial charge on any atom is -0.342 e. The van der Waals surface area contributed by atoms with E-state index < -0.39 is 0 Å². The van der Waals surface area contributed by atoms with Crippen molar-refractivity contribution in [1.29, 1.82) is 0 Å². The Hall–Kier alpha value is -0.940. The average molecular weight is 329 g/mol. The molecule has 1 N–H and O–H groups in total. The van der Waals surface area contributed by atoms with Crippen molar-refractivity contribution in [3.8, 4) is 0 Å². The van der Waals surface area contributed by atoms with Crippen LogP contribution in [-0.2, 0) is 11.3 Å². The molecule has 0 radical (unpaired) electrons. The van der Waals surface area contributed by atoms with E-state index in [1.807, 2.05) is 4.90 Å². The Morgan fingerprint density at radius 2 is 2.05 bits per heavy atom. The van der Waals surface area contributed by atoms with Gasteiger partial charge in [0.15, 0.2) is 0 Å². The van der Waals surface area contributed by atoms with Gasteiger partial charge in [0, 0.05) is 29.7 Å². The molecule has 1 aliphatic rings. The maximum Gasteiger partial charge on any atom is 0.236 e. The minimum atomic E-state index is -0.249. The van der Waals surface area contributed by atoms with E-state index >= 15 is 0 Å². The van der Waals surface area contributed by atoms with Crippen molar-refractivity contribution in [3.63, 3.8) is 0 Å². The van der Waals surface area contributed by atoms with Crippen molar-refractivity contribution < 1.29 is 9.18 Å². The van der Waals surface area contributed by atoms with Gasteiger partial charge in [0.25, 0.3) is 0 Å². The van der Waals surface area contributed by atoms with Crippen LogP contribution >= 0.6 is 15.9 Å². The van der Waals surface area contributed by atoms with Crippen LogP contribution in [0.25, 0.3) is 0 Å². The normalized spacial score (nSPS) is 15.6. The highest BCUT2D eigenvalue weighted by atomic mass is 79.9. The Morgan fingerprint density at radius 3 is 2.79 bits per heavy atom. The third kappa shape index (κ3) is 4.28. The Balaban J connectivity index is 1.79. The first-order valence-corrected chi connectivity index (χ1v) is 7.38. The summed E-state index contributed by atoms with van der Waals surface area (Å²) in [5.41, 5.74) is 0.570. The zero-order chi connectivity index (χ0) is 13.7. The highest BCUT2D eigenvalue weighted by Gasteiger charge is 2.15. The molecule has 3 nitrogen and oxygen atoms in total. The molecular weight excluding hydrogens is 311 g/mol. The average Bonchev–Trinajstić information content (AvgIpc) is 2.43. The molecule has 0 aliphatic carbocycles. The number of piperidine rings is 1. The van der Waals surface area contributed by atoms with Crippen LogP contribution in [-0.4, -0.2) is 30.4 Å². The van der Waals surface area contributed by atoms with Gasteiger partial charge in [0.2, 0.25) is 5.91 Å². The largest absolute Gasteiger partial charge is 0.342 e. The summed E-state index contributed by atoms with van der Waals surface area (Å²) >= 11 is 3.31. The monoisotopic (exact) mass is 328 g/mol. The van der Waals surface area contributed by atoms with Gasteiger partial charge >= 0.3 is 0 Å². The van der Waals surface area contributed by atoms with E-state index in [0.717, 1.165) is 30.4 Å². The molecular formula is C14H18BrFN2O. The predicted molar refractivity (Wildman–Crippen MR) is 76.2 cm³/mol. The SMILES string of the molecule is O=C(CNCc1cc(Br)ccc1F)N1CCCCC1. The molecule has 19 heavy (non-hydrogen) atoms. The van der Waals surface area contributed by atoms with Crippen LogP contribution < -0.4 is 5.32 Å². The van der Waals surface area contributed by atoms with Crippen LogP contribution in [0.15, 0.2) is 22.7 Å². The zero-order valence-electron chi connectivity index (χ0n) is 10.8. The molecule has 0 spiro atoms. The Kier molecular flexibility index (Phi) is 5.34. The van der Waals surface area contributed by atoms with Crippen LogP contribution in [0, 0.1) is 5.82 Å². The third-order valence-corrected chi connectivity index (χ3v) is 3.80. The fourth-order valence-corrected chi connectivity index (χ4v) is 2.65. The second-order valence-electron chi connectivity index (χ2n) is 4.78. The fourth-order valence-electron chi connectivity index (χ4n) is 2.24. The topological polar surface area (TPSA) is 32.3 Å². The molecule has 1 aromatic rings. The molecule has 1 aromatic carbocycles. The molecule has 1 saturated heterocycles. The van der Waals surface area contributed by atoms with Gasteiger partial charge in [0.05, 0.1) is 6.54 Å². The third-order valence-electron chi connectivity index (χ3n) is 3.31. The van der Waals surface area contributed by atoms with E-state index in [9.17, 15) is 9.18 Å². The number of carbonyl (C=O) groups is 1. The van der Waals surface area contributed by atoms with E-state index in [4.69, 9.17) is 0 Å². The summed E-state index contributed by atoms with van der Waals surface area (Å²) in [6.45, 7) is 2.34. The van der Waals surface area contributed by atoms with E-state index in [-0.39, 0.29) is 18.3 Å². The Morgan fingerprint density at radius 1 is 1.32 bits per heavy atom. The zero-order valence-corrected chi connectivity index (χ0v) is 12.4. The van der Waals surface area contributed by atoms with Gasteiger partial charge in [0.1, 0.15) is 5.82 Å². The maximum atomic E-state index is 13.5. The smallest absolute Gasteiger partial charge is 0.236 e. The van der Waals surface area contributed by atoms with Crippen molar-refractivity contribution in [2.75, 3.05) is 19.6 Å². The van der Waals surface area contributed by atoms with Gasteiger partial charge in [-0.15, -0.1) is 0 Å². The van der Waals surface area contributed by atoms with Crippen molar-refractivity contribution in [1.82, 2.24) is 10.2 Å². The second-order valence-corrected chi connectivity index (χ2v) is 5.70. The first kappa shape index (κ1) is 14.5. The van der Waals surface area contributed by atoms with E-state index in [1.165, 1.54) is 12.5 Å². The summed E-state index contributed by atoms with van der Waals surface area (Å²) in [5.74, 6) is -0.142. The summed E-state index contributed by atoms with van der Waals surface area (Å²) in [4.78, 5) is 13.8. The molecule has 0 unspecified atom stereocenters. The molecule has 104 valence electrons. The van der Waals surface area contributed by atoms with Gasteiger partial charge in [-0.2, -0.15) is 0 Å². The highest BCUT2D eigenvalue weighted by Crippen LogP contribution is 2.15. The molecule has 5 heteroatoms. The Bertz CT molecular complexity index is 447. The predicted octanol–water partition coefficient (Wildman–Crippen LogP) is 2.69. The molecule has 1 amide bonds. The van der Waals surface area contributed by atoms with Gasteiger partial charge in [-0.05, 0) is 37.5 Å². The van der Waals surface area contributed by atoms with Crippen molar-refractivity contribution in [3.05, 3.63) is 34.1 Å². The van der Waals surface area contributed by atoms with Gasteiger partial charge in [-0.3, -0.25) is 4.79 Å². The van der Waals surface area contributed by atoms with Crippen molar-refractivity contribution >= 4 is 21.8 Å².